The summed E-state index contributed by atoms with van der Waals surface area (Å²) in [7, 11) is 0. The number of rotatable bonds is 8. The lowest BCUT2D eigenvalue weighted by Crippen LogP contribution is -1.99. The monoisotopic (exact) mass is 400 g/mol. The van der Waals surface area contributed by atoms with E-state index in [1.54, 1.807) is 37.3 Å². The first-order valence-electron chi connectivity index (χ1n) is 9.64. The minimum absolute atomic E-state index is 0.106. The molecule has 0 radical (unpaired) electrons. The van der Waals surface area contributed by atoms with Crippen LogP contribution in [0.15, 0.2) is 54.6 Å². The molecule has 3 aromatic carbocycles. The number of benzene rings is 3. The lowest BCUT2D eigenvalue weighted by molar-refractivity contribution is 0.290. The second-order valence-electron chi connectivity index (χ2n) is 6.67. The molecule has 0 aliphatic rings. The summed E-state index contributed by atoms with van der Waals surface area (Å²) in [5, 5.41) is 0. The van der Waals surface area contributed by atoms with Crippen LogP contribution in [0.1, 0.15) is 31.4 Å². The third-order valence-corrected chi connectivity index (χ3v) is 4.54. The lowest BCUT2D eigenvalue weighted by atomic mass is 10.0. The van der Waals surface area contributed by atoms with Gasteiger partial charge in [0.25, 0.3) is 0 Å². The van der Waals surface area contributed by atoms with Crippen molar-refractivity contribution in [2.24, 2.45) is 0 Å². The van der Waals surface area contributed by atoms with Gasteiger partial charge in [-0.2, -0.15) is 4.39 Å². The summed E-state index contributed by atoms with van der Waals surface area (Å²) in [6, 6.07) is 14.7. The summed E-state index contributed by atoms with van der Waals surface area (Å²) in [4.78, 5) is 0. The highest BCUT2D eigenvalue weighted by Crippen LogP contribution is 2.30. The zero-order valence-electron chi connectivity index (χ0n) is 16.5. The Hall–Kier alpha value is -2.95. The molecule has 0 saturated carbocycles. The topological polar surface area (TPSA) is 18.5 Å². The van der Waals surface area contributed by atoms with Crippen molar-refractivity contribution < 1.29 is 22.6 Å². The molecule has 3 aromatic rings. The molecule has 29 heavy (non-hydrogen) atoms. The number of hydrogen-bond acceptors (Lipinski definition) is 2. The van der Waals surface area contributed by atoms with Crippen LogP contribution in [-0.4, -0.2) is 6.61 Å². The molecule has 3 rings (SSSR count). The average Bonchev–Trinajstić information content (AvgIpc) is 2.72. The van der Waals surface area contributed by atoms with Crippen molar-refractivity contribution in [2.45, 2.75) is 33.3 Å². The molecule has 0 aromatic heterocycles. The fourth-order valence-corrected chi connectivity index (χ4v) is 3.07. The molecule has 5 heteroatoms. The third kappa shape index (κ3) is 4.91. The van der Waals surface area contributed by atoms with Crippen LogP contribution in [0.5, 0.6) is 11.5 Å². The molecule has 0 bridgehead atoms. The first-order chi connectivity index (χ1) is 14.0. The van der Waals surface area contributed by atoms with Crippen LogP contribution in [0, 0.1) is 17.5 Å². The van der Waals surface area contributed by atoms with Crippen molar-refractivity contribution in [2.75, 3.05) is 6.61 Å². The van der Waals surface area contributed by atoms with E-state index in [-0.39, 0.29) is 36.1 Å². The van der Waals surface area contributed by atoms with Crippen molar-refractivity contribution in [3.63, 3.8) is 0 Å². The van der Waals surface area contributed by atoms with Crippen molar-refractivity contribution in [1.82, 2.24) is 0 Å². The predicted molar refractivity (Wildman–Crippen MR) is 108 cm³/mol. The van der Waals surface area contributed by atoms with Gasteiger partial charge in [0.15, 0.2) is 23.1 Å². The number of halogens is 3. The Balaban J connectivity index is 1.70. The normalized spacial score (nSPS) is 10.8. The zero-order chi connectivity index (χ0) is 20.8. The summed E-state index contributed by atoms with van der Waals surface area (Å²) in [6.45, 7) is 4.17. The number of hydrogen-bond donors (Lipinski definition) is 0. The van der Waals surface area contributed by atoms with Crippen molar-refractivity contribution in [1.29, 1.82) is 0 Å². The molecule has 0 saturated heterocycles. The van der Waals surface area contributed by atoms with E-state index in [0.29, 0.717) is 5.56 Å². The standard InChI is InChI=1S/C24H23F3O2/c1-3-5-16-8-12-21(20(25)14-16)29-15-17-6-9-18(10-7-17)19-11-13-22(28-4-2)24(27)23(19)26/h6-14H,3-5,15H2,1-2H3. The average molecular weight is 400 g/mol. The molecular formula is C24H23F3O2. The van der Waals surface area contributed by atoms with Gasteiger partial charge in [0.1, 0.15) is 6.61 Å². The smallest absolute Gasteiger partial charge is 0.201 e. The van der Waals surface area contributed by atoms with E-state index in [4.69, 9.17) is 9.47 Å². The SMILES string of the molecule is CCCc1ccc(OCc2ccc(-c3ccc(OCC)c(F)c3F)cc2)c(F)c1. The third-order valence-electron chi connectivity index (χ3n) is 4.54. The van der Waals surface area contributed by atoms with Crippen molar-refractivity contribution >= 4 is 0 Å². The highest BCUT2D eigenvalue weighted by atomic mass is 19.2. The Morgan fingerprint density at radius 3 is 2.07 bits per heavy atom. The van der Waals surface area contributed by atoms with Crippen LogP contribution in [0.3, 0.4) is 0 Å². The summed E-state index contributed by atoms with van der Waals surface area (Å²) in [5.41, 5.74) is 2.41. The van der Waals surface area contributed by atoms with Gasteiger partial charge >= 0.3 is 0 Å². The van der Waals surface area contributed by atoms with Gasteiger partial charge in [-0.05, 0) is 54.3 Å². The largest absolute Gasteiger partial charge is 0.491 e. The fraction of sp³-hybridized carbons (Fsp3) is 0.250. The van der Waals surface area contributed by atoms with Gasteiger partial charge in [0.2, 0.25) is 5.82 Å². The van der Waals surface area contributed by atoms with Crippen LogP contribution in [0.2, 0.25) is 0 Å². The van der Waals surface area contributed by atoms with Crippen molar-refractivity contribution in [3.05, 3.63) is 83.2 Å². The fourth-order valence-electron chi connectivity index (χ4n) is 3.07. The molecule has 0 aliphatic heterocycles. The number of ether oxygens (including phenoxy) is 2. The molecule has 2 nitrogen and oxygen atoms in total. The van der Waals surface area contributed by atoms with E-state index >= 15 is 0 Å². The minimum atomic E-state index is -1.00. The van der Waals surface area contributed by atoms with Gasteiger partial charge < -0.3 is 9.47 Å². The Labute approximate surface area is 168 Å². The maximum absolute atomic E-state index is 14.4. The first kappa shape index (κ1) is 20.8. The minimum Gasteiger partial charge on any atom is -0.491 e. The molecule has 0 fully saturated rings. The van der Waals surface area contributed by atoms with Gasteiger partial charge in [-0.15, -0.1) is 0 Å². The maximum atomic E-state index is 14.4. The van der Waals surface area contributed by atoms with Crippen LogP contribution in [0.25, 0.3) is 11.1 Å². The van der Waals surface area contributed by atoms with Crippen LogP contribution >= 0.6 is 0 Å². The molecule has 0 N–H and O–H groups in total. The van der Waals surface area contributed by atoms with E-state index in [2.05, 4.69) is 0 Å². The molecule has 0 atom stereocenters. The summed E-state index contributed by atoms with van der Waals surface area (Å²) in [5.74, 6) is -2.26. The Kier molecular flexibility index (Phi) is 6.81. The molecule has 0 aliphatic carbocycles. The maximum Gasteiger partial charge on any atom is 0.201 e. The van der Waals surface area contributed by atoms with Crippen LogP contribution in [-0.2, 0) is 13.0 Å². The first-order valence-corrected chi connectivity index (χ1v) is 9.64. The molecule has 0 amide bonds. The van der Waals surface area contributed by atoms with Gasteiger partial charge in [-0.3, -0.25) is 0 Å². The Morgan fingerprint density at radius 2 is 1.41 bits per heavy atom. The second kappa shape index (κ2) is 9.50. The Bertz CT molecular complexity index is 969. The highest BCUT2D eigenvalue weighted by Gasteiger charge is 2.15. The predicted octanol–water partition coefficient (Wildman–Crippen LogP) is 6.70. The van der Waals surface area contributed by atoms with Crippen LogP contribution < -0.4 is 9.47 Å². The van der Waals surface area contributed by atoms with Crippen molar-refractivity contribution in [3.8, 4) is 22.6 Å². The molecule has 152 valence electrons. The summed E-state index contributed by atoms with van der Waals surface area (Å²) in [6.07, 6.45) is 1.77. The van der Waals surface area contributed by atoms with E-state index in [1.807, 2.05) is 13.0 Å². The highest BCUT2D eigenvalue weighted by molar-refractivity contribution is 5.65. The van der Waals surface area contributed by atoms with Gasteiger partial charge in [0, 0.05) is 5.56 Å². The molecule has 0 heterocycles. The van der Waals surface area contributed by atoms with E-state index in [9.17, 15) is 13.2 Å². The number of aryl methyl sites for hydroxylation is 1. The van der Waals surface area contributed by atoms with E-state index in [1.165, 1.54) is 18.2 Å². The lowest BCUT2D eigenvalue weighted by Gasteiger charge is -2.11. The van der Waals surface area contributed by atoms with Gasteiger partial charge in [0.05, 0.1) is 6.61 Å². The van der Waals surface area contributed by atoms with E-state index < -0.39 is 11.6 Å². The van der Waals surface area contributed by atoms with Gasteiger partial charge in [-0.25, -0.2) is 8.78 Å². The molecular weight excluding hydrogens is 377 g/mol. The summed E-state index contributed by atoms with van der Waals surface area (Å²) >= 11 is 0. The second-order valence-corrected chi connectivity index (χ2v) is 6.67. The van der Waals surface area contributed by atoms with Gasteiger partial charge in [-0.1, -0.05) is 43.7 Å². The zero-order valence-corrected chi connectivity index (χ0v) is 16.5. The van der Waals surface area contributed by atoms with E-state index in [0.717, 1.165) is 24.0 Å². The Morgan fingerprint density at radius 1 is 0.724 bits per heavy atom. The molecule has 0 spiro atoms. The molecule has 0 unspecified atom stereocenters. The summed E-state index contributed by atoms with van der Waals surface area (Å²) < 4.78 is 53.2. The van der Waals surface area contributed by atoms with Crippen LogP contribution in [0.4, 0.5) is 13.2 Å². The quantitative estimate of drug-likeness (QED) is 0.419.